The van der Waals surface area contributed by atoms with Crippen LogP contribution < -0.4 is 4.90 Å². The third-order valence-corrected chi connectivity index (χ3v) is 15.1. The summed E-state index contributed by atoms with van der Waals surface area (Å²) in [6.07, 6.45) is 0. The zero-order valence-electron chi connectivity index (χ0n) is 34.7. The van der Waals surface area contributed by atoms with Crippen molar-refractivity contribution in [2.24, 2.45) is 0 Å². The van der Waals surface area contributed by atoms with Crippen LogP contribution in [0.3, 0.4) is 0 Å². The SMILES string of the molecule is c1ccc(-c2ccc(N(c3cccc4c3-c3ccccc3C43c4ccccc4-c4ccccc43)c3cccc4c5cc6sc7ccccc7c6cc5n(-c5ccccc5)c34)cc2)cc1. The van der Waals surface area contributed by atoms with Crippen LogP contribution in [-0.4, -0.2) is 4.57 Å². The van der Waals surface area contributed by atoms with E-state index in [4.69, 9.17) is 0 Å². The molecule has 2 heterocycles. The Kier molecular flexibility index (Phi) is 7.51. The zero-order valence-corrected chi connectivity index (χ0v) is 35.6. The average molecular weight is 831 g/mol. The minimum absolute atomic E-state index is 0.461. The number of aromatic nitrogens is 1. The lowest BCUT2D eigenvalue weighted by Gasteiger charge is -2.32. The molecule has 0 atom stereocenters. The molecule has 0 unspecified atom stereocenters. The zero-order chi connectivity index (χ0) is 41.9. The fourth-order valence-electron chi connectivity index (χ4n) is 11.4. The Balaban J connectivity index is 1.10. The van der Waals surface area contributed by atoms with E-state index in [-0.39, 0.29) is 0 Å². The molecule has 0 N–H and O–H groups in total. The smallest absolute Gasteiger partial charge is 0.0782 e. The van der Waals surface area contributed by atoms with Gasteiger partial charge in [-0.1, -0.05) is 176 Å². The Labute approximate surface area is 375 Å². The van der Waals surface area contributed by atoms with Crippen LogP contribution >= 0.6 is 11.3 Å². The highest BCUT2D eigenvalue weighted by molar-refractivity contribution is 7.25. The van der Waals surface area contributed by atoms with Crippen molar-refractivity contribution in [2.45, 2.75) is 5.41 Å². The lowest BCUT2D eigenvalue weighted by molar-refractivity contribution is 0.794. The lowest BCUT2D eigenvalue weighted by Crippen LogP contribution is -2.26. The topological polar surface area (TPSA) is 8.17 Å². The van der Waals surface area contributed by atoms with Crippen molar-refractivity contribution in [2.75, 3.05) is 4.90 Å². The second-order valence-electron chi connectivity index (χ2n) is 17.1. The van der Waals surface area contributed by atoms with Gasteiger partial charge in [0.2, 0.25) is 0 Å². The summed E-state index contributed by atoms with van der Waals surface area (Å²) in [7, 11) is 0. The van der Waals surface area contributed by atoms with E-state index in [0.717, 1.165) is 22.7 Å². The maximum atomic E-state index is 2.55. The van der Waals surface area contributed by atoms with Gasteiger partial charge in [-0.05, 0) is 105 Å². The molecule has 64 heavy (non-hydrogen) atoms. The minimum atomic E-state index is -0.461. The van der Waals surface area contributed by atoms with Gasteiger partial charge in [-0.3, -0.25) is 0 Å². The van der Waals surface area contributed by atoms with Gasteiger partial charge >= 0.3 is 0 Å². The molecule has 0 aliphatic heterocycles. The van der Waals surface area contributed by atoms with Gasteiger partial charge < -0.3 is 9.47 Å². The summed E-state index contributed by atoms with van der Waals surface area (Å²) in [5.41, 5.74) is 19.3. The van der Waals surface area contributed by atoms with Gasteiger partial charge in [0.25, 0.3) is 0 Å². The molecule has 10 aromatic carbocycles. The van der Waals surface area contributed by atoms with Crippen LogP contribution in [0.4, 0.5) is 17.1 Å². The third kappa shape index (κ3) is 4.79. The number of nitrogens with zero attached hydrogens (tertiary/aromatic N) is 2. The number of anilines is 3. The van der Waals surface area contributed by atoms with Gasteiger partial charge in [0.05, 0.1) is 27.8 Å². The first-order chi connectivity index (χ1) is 31.8. The fraction of sp³-hybridized carbons (Fsp3) is 0.0164. The highest BCUT2D eigenvalue weighted by Crippen LogP contribution is 2.65. The molecule has 2 nitrogen and oxygen atoms in total. The number of thiophene rings is 1. The number of rotatable bonds is 5. The van der Waals surface area contributed by atoms with Crippen LogP contribution in [0.15, 0.2) is 231 Å². The van der Waals surface area contributed by atoms with E-state index in [2.05, 4.69) is 240 Å². The normalized spacial score (nSPS) is 13.1. The number of para-hydroxylation sites is 2. The van der Waals surface area contributed by atoms with Crippen molar-refractivity contribution in [1.29, 1.82) is 0 Å². The maximum absolute atomic E-state index is 2.55. The molecule has 0 saturated heterocycles. The van der Waals surface area contributed by atoms with Crippen LogP contribution in [-0.2, 0) is 5.41 Å². The highest BCUT2D eigenvalue weighted by Gasteiger charge is 2.52. The van der Waals surface area contributed by atoms with Crippen LogP contribution in [0, 0.1) is 0 Å². The molecular formula is C61H38N2S. The van der Waals surface area contributed by atoms with E-state index in [1.807, 2.05) is 11.3 Å². The van der Waals surface area contributed by atoms with Crippen molar-refractivity contribution >= 4 is 70.4 Å². The summed E-state index contributed by atoms with van der Waals surface area (Å²) >= 11 is 1.88. The van der Waals surface area contributed by atoms with Crippen LogP contribution in [0.25, 0.3) is 81.0 Å². The van der Waals surface area contributed by atoms with Crippen LogP contribution in [0.2, 0.25) is 0 Å². The lowest BCUT2D eigenvalue weighted by atomic mass is 9.70. The van der Waals surface area contributed by atoms with Crippen molar-refractivity contribution in [3.05, 3.63) is 253 Å². The number of hydrogen-bond donors (Lipinski definition) is 0. The molecule has 0 saturated carbocycles. The molecule has 2 aliphatic rings. The molecule has 0 amide bonds. The van der Waals surface area contributed by atoms with Crippen LogP contribution in [0.1, 0.15) is 22.3 Å². The molecular weight excluding hydrogens is 793 g/mol. The summed E-state index contributed by atoms with van der Waals surface area (Å²) in [4.78, 5) is 2.55. The minimum Gasteiger partial charge on any atom is -0.308 e. The highest BCUT2D eigenvalue weighted by atomic mass is 32.1. The van der Waals surface area contributed by atoms with Crippen molar-refractivity contribution in [3.63, 3.8) is 0 Å². The van der Waals surface area contributed by atoms with E-state index in [0.29, 0.717) is 0 Å². The van der Waals surface area contributed by atoms with Gasteiger partial charge in [-0.15, -0.1) is 11.3 Å². The van der Waals surface area contributed by atoms with Crippen LogP contribution in [0.5, 0.6) is 0 Å². The second kappa shape index (κ2) is 13.5. The predicted octanol–water partition coefficient (Wildman–Crippen LogP) is 16.6. The summed E-state index contributed by atoms with van der Waals surface area (Å²) in [5.74, 6) is 0. The van der Waals surface area contributed by atoms with E-state index >= 15 is 0 Å². The standard InChI is InChI=1S/C61H38N2S/c1-3-17-39(18-4-1)40-33-35-42(36-34-40)62(54-30-16-29-53-59(54)47-24-9-13-28-52(47)61(53)50-26-11-7-21-43(50)44-22-8-12-27-51(44)61)55-31-15-25-46-48-38-58-49(45-23-10-14-32-57(45)64-58)37-56(48)63(60(46)55)41-19-5-2-6-20-41/h1-38H. The first kappa shape index (κ1) is 35.6. The van der Waals surface area contributed by atoms with Crippen molar-refractivity contribution in [3.8, 4) is 39.1 Å². The molecule has 298 valence electrons. The summed E-state index contributed by atoms with van der Waals surface area (Å²) < 4.78 is 5.13. The largest absolute Gasteiger partial charge is 0.308 e. The predicted molar refractivity (Wildman–Crippen MR) is 270 cm³/mol. The summed E-state index contributed by atoms with van der Waals surface area (Å²) in [5, 5.41) is 5.07. The Morgan fingerprint density at radius 2 is 0.938 bits per heavy atom. The van der Waals surface area contributed by atoms with E-state index in [1.165, 1.54) is 97.6 Å². The quantitative estimate of drug-likeness (QED) is 0.168. The number of fused-ring (bicyclic) bond motifs is 16. The van der Waals surface area contributed by atoms with E-state index < -0.39 is 5.41 Å². The Morgan fingerprint density at radius 3 is 1.69 bits per heavy atom. The summed E-state index contributed by atoms with van der Waals surface area (Å²) in [6.45, 7) is 0. The number of benzene rings is 10. The maximum Gasteiger partial charge on any atom is 0.0782 e. The fourth-order valence-corrected chi connectivity index (χ4v) is 12.6. The molecule has 12 aromatic rings. The van der Waals surface area contributed by atoms with Crippen molar-refractivity contribution in [1.82, 2.24) is 4.57 Å². The molecule has 3 heteroatoms. The summed E-state index contributed by atoms with van der Waals surface area (Å²) in [6, 6.07) is 85.8. The van der Waals surface area contributed by atoms with Crippen molar-refractivity contribution < 1.29 is 0 Å². The molecule has 0 radical (unpaired) electrons. The van der Waals surface area contributed by atoms with Gasteiger partial charge in [-0.25, -0.2) is 0 Å². The molecule has 1 spiro atoms. The molecule has 14 rings (SSSR count). The van der Waals surface area contributed by atoms with E-state index in [9.17, 15) is 0 Å². The third-order valence-electron chi connectivity index (χ3n) is 14.0. The van der Waals surface area contributed by atoms with Gasteiger partial charge in [0, 0.05) is 47.9 Å². The first-order valence-corrected chi connectivity index (χ1v) is 22.9. The Bertz CT molecular complexity index is 3790. The Hall–Kier alpha value is -7.98. The molecule has 0 fully saturated rings. The second-order valence-corrected chi connectivity index (χ2v) is 18.2. The van der Waals surface area contributed by atoms with Gasteiger partial charge in [0.1, 0.15) is 0 Å². The molecule has 2 aromatic heterocycles. The average Bonchev–Trinajstić information content (AvgIpc) is 4.08. The Morgan fingerprint density at radius 1 is 0.375 bits per heavy atom. The number of hydrogen-bond acceptors (Lipinski definition) is 2. The molecule has 2 aliphatic carbocycles. The van der Waals surface area contributed by atoms with E-state index in [1.54, 1.807) is 0 Å². The van der Waals surface area contributed by atoms with Gasteiger partial charge in [0.15, 0.2) is 0 Å². The monoisotopic (exact) mass is 830 g/mol. The molecule has 0 bridgehead atoms. The van der Waals surface area contributed by atoms with Gasteiger partial charge in [-0.2, -0.15) is 0 Å². The first-order valence-electron chi connectivity index (χ1n) is 22.1.